The molecule has 3 rings (SSSR count). The Morgan fingerprint density at radius 2 is 2.20 bits per heavy atom. The van der Waals surface area contributed by atoms with E-state index in [1.54, 1.807) is 11.3 Å². The molecule has 1 aromatic heterocycles. The van der Waals surface area contributed by atoms with Crippen molar-refractivity contribution in [1.29, 1.82) is 0 Å². The van der Waals surface area contributed by atoms with Gasteiger partial charge in [-0.15, -0.1) is 11.3 Å². The molecule has 1 aliphatic rings. The van der Waals surface area contributed by atoms with Gasteiger partial charge in [0.25, 0.3) is 0 Å². The maximum atomic E-state index is 4.42. The van der Waals surface area contributed by atoms with Gasteiger partial charge in [0.05, 0.1) is 16.7 Å². The van der Waals surface area contributed by atoms with Gasteiger partial charge in [-0.05, 0) is 19.4 Å². The number of benzene rings is 1. The van der Waals surface area contributed by atoms with Crippen LogP contribution in [0.3, 0.4) is 0 Å². The van der Waals surface area contributed by atoms with Gasteiger partial charge in [-0.1, -0.05) is 30.3 Å². The highest BCUT2D eigenvalue weighted by atomic mass is 32.1. The second-order valence-corrected chi connectivity index (χ2v) is 6.53. The van der Waals surface area contributed by atoms with Gasteiger partial charge < -0.3 is 5.32 Å². The van der Waals surface area contributed by atoms with Crippen LogP contribution in [0.4, 0.5) is 0 Å². The van der Waals surface area contributed by atoms with Crippen LogP contribution in [0.25, 0.3) is 0 Å². The zero-order valence-electron chi connectivity index (χ0n) is 12.0. The lowest BCUT2D eigenvalue weighted by Crippen LogP contribution is -2.59. The summed E-state index contributed by atoms with van der Waals surface area (Å²) in [6.45, 7) is 7.53. The monoisotopic (exact) mass is 287 g/mol. The molecule has 3 nitrogen and oxygen atoms in total. The van der Waals surface area contributed by atoms with Crippen LogP contribution in [0.1, 0.15) is 25.1 Å². The van der Waals surface area contributed by atoms with E-state index in [1.165, 1.54) is 11.3 Å². The molecular formula is C16H21N3S. The van der Waals surface area contributed by atoms with Crippen molar-refractivity contribution in [1.82, 2.24) is 15.2 Å². The first kappa shape index (κ1) is 13.7. The number of nitrogens with zero attached hydrogens (tertiary/aromatic N) is 2. The number of rotatable bonds is 3. The van der Waals surface area contributed by atoms with Gasteiger partial charge in [-0.25, -0.2) is 4.98 Å². The third kappa shape index (κ3) is 2.77. The third-order valence-electron chi connectivity index (χ3n) is 4.19. The zero-order chi connectivity index (χ0) is 14.0. The lowest BCUT2D eigenvalue weighted by Gasteiger charge is -2.45. The van der Waals surface area contributed by atoms with Crippen LogP contribution in [0, 0.1) is 0 Å². The van der Waals surface area contributed by atoms with Crippen molar-refractivity contribution in [2.45, 2.75) is 32.0 Å². The Morgan fingerprint density at radius 1 is 1.40 bits per heavy atom. The normalized spacial score (nSPS) is 27.6. The molecule has 0 amide bonds. The lowest BCUT2D eigenvalue weighted by molar-refractivity contribution is 0.0868. The predicted molar refractivity (Wildman–Crippen MR) is 83.8 cm³/mol. The summed E-state index contributed by atoms with van der Waals surface area (Å²) in [5.41, 5.74) is 4.47. The lowest BCUT2D eigenvalue weighted by atomic mass is 9.88. The van der Waals surface area contributed by atoms with Gasteiger partial charge in [-0.2, -0.15) is 0 Å². The molecule has 2 aromatic rings. The van der Waals surface area contributed by atoms with E-state index in [0.29, 0.717) is 6.04 Å². The molecule has 0 saturated carbocycles. The number of aromatic nitrogens is 1. The largest absolute Gasteiger partial charge is 0.305 e. The van der Waals surface area contributed by atoms with Crippen LogP contribution in [-0.2, 0) is 12.1 Å². The first-order valence-corrected chi connectivity index (χ1v) is 8.03. The summed E-state index contributed by atoms with van der Waals surface area (Å²) in [7, 11) is 0. The van der Waals surface area contributed by atoms with E-state index in [1.807, 2.05) is 5.51 Å². The average Bonchev–Trinajstić information content (AvgIpc) is 2.97. The molecular weight excluding hydrogens is 266 g/mol. The van der Waals surface area contributed by atoms with Crippen LogP contribution >= 0.6 is 11.3 Å². The molecule has 0 bridgehead atoms. The molecule has 106 valence electrons. The van der Waals surface area contributed by atoms with Crippen molar-refractivity contribution in [2.75, 3.05) is 13.1 Å². The highest BCUT2D eigenvalue weighted by Gasteiger charge is 2.35. The summed E-state index contributed by atoms with van der Waals surface area (Å²) in [4.78, 5) is 6.95. The van der Waals surface area contributed by atoms with Crippen molar-refractivity contribution in [3.8, 4) is 0 Å². The molecule has 4 heteroatoms. The Hall–Kier alpha value is -1.23. The Balaban J connectivity index is 1.78. The van der Waals surface area contributed by atoms with Crippen LogP contribution in [0.5, 0.6) is 0 Å². The number of piperazine rings is 1. The number of nitrogens with one attached hydrogen (secondary N) is 1. The zero-order valence-corrected chi connectivity index (χ0v) is 12.9. The molecule has 1 fully saturated rings. The van der Waals surface area contributed by atoms with Crippen molar-refractivity contribution < 1.29 is 0 Å². The fourth-order valence-electron chi connectivity index (χ4n) is 2.85. The van der Waals surface area contributed by atoms with E-state index in [2.05, 4.69) is 64.8 Å². The number of hydrogen-bond acceptors (Lipinski definition) is 4. The maximum absolute atomic E-state index is 4.42. The summed E-state index contributed by atoms with van der Waals surface area (Å²) < 4.78 is 0. The van der Waals surface area contributed by atoms with Crippen LogP contribution < -0.4 is 5.32 Å². The minimum atomic E-state index is 0.0177. The summed E-state index contributed by atoms with van der Waals surface area (Å²) >= 11 is 1.67. The number of thiazole rings is 1. The highest BCUT2D eigenvalue weighted by molar-refractivity contribution is 7.07. The van der Waals surface area contributed by atoms with Gasteiger partial charge in [0.15, 0.2) is 0 Å². The molecule has 2 atom stereocenters. The summed E-state index contributed by atoms with van der Waals surface area (Å²) in [6, 6.07) is 11.3. The van der Waals surface area contributed by atoms with Crippen molar-refractivity contribution in [3.63, 3.8) is 0 Å². The van der Waals surface area contributed by atoms with E-state index in [4.69, 9.17) is 0 Å². The standard InChI is InChI=1S/C16H21N3S/c1-13-8-18-16(2,14-6-4-3-5-7-14)11-19(13)9-15-10-20-12-17-15/h3-7,10,12-13,18H,8-9,11H2,1-2H3. The fraction of sp³-hybridized carbons (Fsp3) is 0.438. The SMILES string of the molecule is CC1CNC(C)(c2ccccc2)CN1Cc1cscn1. The molecule has 1 aromatic carbocycles. The molecule has 1 N–H and O–H groups in total. The smallest absolute Gasteiger partial charge is 0.0795 e. The minimum Gasteiger partial charge on any atom is -0.305 e. The molecule has 2 unspecified atom stereocenters. The van der Waals surface area contributed by atoms with Gasteiger partial charge in [0.1, 0.15) is 0 Å². The average molecular weight is 287 g/mol. The second-order valence-electron chi connectivity index (χ2n) is 5.81. The van der Waals surface area contributed by atoms with E-state index < -0.39 is 0 Å². The maximum Gasteiger partial charge on any atom is 0.0795 e. The quantitative estimate of drug-likeness (QED) is 0.941. The molecule has 0 spiro atoms. The Morgan fingerprint density at radius 3 is 2.90 bits per heavy atom. The molecule has 1 saturated heterocycles. The molecule has 0 aliphatic carbocycles. The van der Waals surface area contributed by atoms with E-state index in [-0.39, 0.29) is 5.54 Å². The van der Waals surface area contributed by atoms with Crippen LogP contribution in [0.2, 0.25) is 0 Å². The Labute approximate surface area is 124 Å². The van der Waals surface area contributed by atoms with Crippen LogP contribution in [-0.4, -0.2) is 29.0 Å². The summed E-state index contributed by atoms with van der Waals surface area (Å²) in [5.74, 6) is 0. The van der Waals surface area contributed by atoms with Crippen molar-refractivity contribution in [2.24, 2.45) is 0 Å². The first-order valence-electron chi connectivity index (χ1n) is 7.09. The molecule has 20 heavy (non-hydrogen) atoms. The topological polar surface area (TPSA) is 28.2 Å². The van der Waals surface area contributed by atoms with E-state index in [9.17, 15) is 0 Å². The van der Waals surface area contributed by atoms with E-state index in [0.717, 1.165) is 19.6 Å². The van der Waals surface area contributed by atoms with Crippen LogP contribution in [0.15, 0.2) is 41.2 Å². The fourth-order valence-corrected chi connectivity index (χ4v) is 3.40. The van der Waals surface area contributed by atoms with Crippen molar-refractivity contribution in [3.05, 3.63) is 52.5 Å². The van der Waals surface area contributed by atoms with Gasteiger partial charge >= 0.3 is 0 Å². The summed E-state index contributed by atoms with van der Waals surface area (Å²) in [6.07, 6.45) is 0. The summed E-state index contributed by atoms with van der Waals surface area (Å²) in [5, 5.41) is 5.86. The van der Waals surface area contributed by atoms with Gasteiger partial charge in [0.2, 0.25) is 0 Å². The van der Waals surface area contributed by atoms with Gasteiger partial charge in [0, 0.05) is 31.1 Å². The highest BCUT2D eigenvalue weighted by Crippen LogP contribution is 2.27. The van der Waals surface area contributed by atoms with Gasteiger partial charge in [-0.3, -0.25) is 4.90 Å². The first-order chi connectivity index (χ1) is 9.67. The second kappa shape index (κ2) is 5.64. The minimum absolute atomic E-state index is 0.0177. The third-order valence-corrected chi connectivity index (χ3v) is 4.83. The Bertz CT molecular complexity index is 540. The van der Waals surface area contributed by atoms with Crippen molar-refractivity contribution >= 4 is 11.3 Å². The molecule has 1 aliphatic heterocycles. The molecule has 0 radical (unpaired) electrons. The van der Waals surface area contributed by atoms with E-state index >= 15 is 0 Å². The Kier molecular flexibility index (Phi) is 3.87. The molecule has 2 heterocycles. The predicted octanol–water partition coefficient (Wildman–Crippen LogP) is 2.85. The number of hydrogen-bond donors (Lipinski definition) is 1.